The van der Waals surface area contributed by atoms with E-state index in [1.54, 1.807) is 24.3 Å². The van der Waals surface area contributed by atoms with E-state index < -0.39 is 18.8 Å². The fraction of sp³-hybridized carbons (Fsp3) is 0.429. The van der Waals surface area contributed by atoms with Crippen molar-refractivity contribution in [3.8, 4) is 23.0 Å². The van der Waals surface area contributed by atoms with Gasteiger partial charge in [-0.15, -0.1) is 0 Å². The van der Waals surface area contributed by atoms with Crippen LogP contribution < -0.4 is 18.9 Å². The molecule has 3 N–H and O–H groups in total. The van der Waals surface area contributed by atoms with Crippen molar-refractivity contribution in [3.63, 3.8) is 0 Å². The quantitative estimate of drug-likeness (QED) is 0.539. The molecule has 0 bridgehead atoms. The van der Waals surface area contributed by atoms with Gasteiger partial charge in [0.2, 0.25) is 0 Å². The van der Waals surface area contributed by atoms with Crippen molar-refractivity contribution in [3.05, 3.63) is 47.5 Å². The van der Waals surface area contributed by atoms with Gasteiger partial charge in [0.25, 0.3) is 0 Å². The summed E-state index contributed by atoms with van der Waals surface area (Å²) in [6.45, 7) is -0.282. The summed E-state index contributed by atoms with van der Waals surface area (Å²) in [5.74, 6) is 1.92. The second-order valence-corrected chi connectivity index (χ2v) is 6.21. The van der Waals surface area contributed by atoms with E-state index in [9.17, 15) is 10.2 Å². The molecule has 0 aliphatic heterocycles. The van der Waals surface area contributed by atoms with Gasteiger partial charge < -0.3 is 34.3 Å². The molecule has 2 atom stereocenters. The van der Waals surface area contributed by atoms with Gasteiger partial charge in [-0.3, -0.25) is 0 Å². The van der Waals surface area contributed by atoms with E-state index >= 15 is 0 Å². The third kappa shape index (κ3) is 5.28. The third-order valence-corrected chi connectivity index (χ3v) is 4.41. The zero-order valence-corrected chi connectivity index (χ0v) is 16.4. The second kappa shape index (κ2) is 10.8. The van der Waals surface area contributed by atoms with Crippen LogP contribution >= 0.6 is 0 Å². The third-order valence-electron chi connectivity index (χ3n) is 4.41. The van der Waals surface area contributed by atoms with Crippen molar-refractivity contribution in [2.75, 3.05) is 34.5 Å². The molecule has 0 amide bonds. The first-order valence-electron chi connectivity index (χ1n) is 9.03. The Bertz CT molecular complexity index is 748. The highest BCUT2D eigenvalue weighted by molar-refractivity contribution is 5.45. The van der Waals surface area contributed by atoms with Crippen LogP contribution in [0.4, 0.5) is 0 Å². The highest BCUT2D eigenvalue weighted by Crippen LogP contribution is 2.34. The summed E-state index contributed by atoms with van der Waals surface area (Å²) in [4.78, 5) is 0. The Kier molecular flexibility index (Phi) is 8.38. The van der Waals surface area contributed by atoms with Crippen molar-refractivity contribution in [2.24, 2.45) is 0 Å². The first kappa shape index (κ1) is 21.8. The Balaban J connectivity index is 2.21. The summed E-state index contributed by atoms with van der Waals surface area (Å²) in [5.41, 5.74) is 1.52. The number of methoxy groups -OCH3 is 3. The maximum absolute atomic E-state index is 10.7. The normalized spacial score (nSPS) is 12.9. The molecule has 2 aromatic rings. The van der Waals surface area contributed by atoms with Crippen LogP contribution in [0.1, 0.15) is 23.7 Å². The van der Waals surface area contributed by atoms with E-state index in [1.165, 1.54) is 21.3 Å². The average Bonchev–Trinajstić information content (AvgIpc) is 2.75. The standard InChI is InChI=1S/C21H28O7/c1-25-16-9-7-15(12-19(16)27-3)21(24)20(13-23)28-17-8-6-14(5-4-10-22)11-18(17)26-2/h6-9,11-12,20-24H,4-5,10,13H2,1-3H3/t20-,21+/m0/s1. The number of ether oxygens (including phenoxy) is 4. The smallest absolute Gasteiger partial charge is 0.161 e. The molecule has 0 fully saturated rings. The molecule has 0 aliphatic rings. The lowest BCUT2D eigenvalue weighted by molar-refractivity contribution is -0.000527. The van der Waals surface area contributed by atoms with Crippen LogP contribution in [0.25, 0.3) is 0 Å². The van der Waals surface area contributed by atoms with Crippen LogP contribution in [0, 0.1) is 0 Å². The van der Waals surface area contributed by atoms with E-state index in [1.807, 2.05) is 12.1 Å². The van der Waals surface area contributed by atoms with Gasteiger partial charge in [0.1, 0.15) is 6.10 Å². The highest BCUT2D eigenvalue weighted by atomic mass is 16.5. The van der Waals surface area contributed by atoms with Crippen molar-refractivity contribution in [1.29, 1.82) is 0 Å². The van der Waals surface area contributed by atoms with Crippen LogP contribution in [-0.2, 0) is 6.42 Å². The molecule has 7 heteroatoms. The summed E-state index contributed by atoms with van der Waals surface area (Å²) < 4.78 is 21.7. The monoisotopic (exact) mass is 392 g/mol. The predicted molar refractivity (Wildman–Crippen MR) is 104 cm³/mol. The van der Waals surface area contributed by atoms with E-state index in [0.29, 0.717) is 41.4 Å². The largest absolute Gasteiger partial charge is 0.493 e. The molecule has 0 aliphatic carbocycles. The first-order chi connectivity index (χ1) is 13.6. The zero-order valence-electron chi connectivity index (χ0n) is 16.4. The van der Waals surface area contributed by atoms with Crippen molar-refractivity contribution in [1.82, 2.24) is 0 Å². The lowest BCUT2D eigenvalue weighted by Crippen LogP contribution is -2.29. The van der Waals surface area contributed by atoms with E-state index in [4.69, 9.17) is 24.1 Å². The topological polar surface area (TPSA) is 97.6 Å². The minimum absolute atomic E-state index is 0.116. The Morgan fingerprint density at radius 1 is 0.821 bits per heavy atom. The summed E-state index contributed by atoms with van der Waals surface area (Å²) in [6, 6.07) is 10.4. The molecule has 28 heavy (non-hydrogen) atoms. The van der Waals surface area contributed by atoms with E-state index in [-0.39, 0.29) is 6.61 Å². The van der Waals surface area contributed by atoms with Gasteiger partial charge in [0, 0.05) is 6.61 Å². The zero-order chi connectivity index (χ0) is 20.5. The van der Waals surface area contributed by atoms with Crippen LogP contribution in [0.5, 0.6) is 23.0 Å². The molecule has 0 saturated carbocycles. The SMILES string of the molecule is COc1ccc([C@@H](O)[C@H](CO)Oc2ccc(CCCO)cc2OC)cc1OC. The number of benzene rings is 2. The fourth-order valence-electron chi connectivity index (χ4n) is 2.86. The van der Waals surface area contributed by atoms with Crippen LogP contribution in [0.3, 0.4) is 0 Å². The molecular weight excluding hydrogens is 364 g/mol. The van der Waals surface area contributed by atoms with Gasteiger partial charge >= 0.3 is 0 Å². The van der Waals surface area contributed by atoms with Gasteiger partial charge in [0.15, 0.2) is 29.1 Å². The Hall–Kier alpha value is -2.48. The van der Waals surface area contributed by atoms with Crippen molar-refractivity contribution < 1.29 is 34.3 Å². The molecule has 2 rings (SSSR count). The summed E-state index contributed by atoms with van der Waals surface area (Å²) in [7, 11) is 4.57. The molecular formula is C21H28O7. The molecule has 0 radical (unpaired) electrons. The Labute approximate surface area is 165 Å². The van der Waals surface area contributed by atoms with Gasteiger partial charge in [-0.1, -0.05) is 12.1 Å². The van der Waals surface area contributed by atoms with Gasteiger partial charge in [-0.2, -0.15) is 0 Å². The molecule has 0 aromatic heterocycles. The molecule has 0 saturated heterocycles. The summed E-state index contributed by atoms with van der Waals surface area (Å²) >= 11 is 0. The number of aliphatic hydroxyl groups is 3. The van der Waals surface area contributed by atoms with Crippen LogP contribution in [0.2, 0.25) is 0 Å². The van der Waals surface area contributed by atoms with Gasteiger partial charge in [0.05, 0.1) is 27.9 Å². The second-order valence-electron chi connectivity index (χ2n) is 6.21. The molecule has 0 heterocycles. The lowest BCUT2D eigenvalue weighted by Gasteiger charge is -2.24. The van der Waals surface area contributed by atoms with Gasteiger partial charge in [-0.25, -0.2) is 0 Å². The number of aryl methyl sites for hydroxylation is 1. The fourth-order valence-corrected chi connectivity index (χ4v) is 2.86. The molecule has 154 valence electrons. The summed E-state index contributed by atoms with van der Waals surface area (Å²) in [5, 5.41) is 29.5. The number of rotatable bonds is 11. The molecule has 0 unspecified atom stereocenters. The summed E-state index contributed by atoms with van der Waals surface area (Å²) in [6.07, 6.45) is -0.635. The minimum atomic E-state index is -1.09. The molecule has 2 aromatic carbocycles. The Morgan fingerprint density at radius 3 is 2.07 bits per heavy atom. The lowest BCUT2D eigenvalue weighted by atomic mass is 10.0. The number of aliphatic hydroxyl groups excluding tert-OH is 3. The van der Waals surface area contributed by atoms with E-state index in [0.717, 1.165) is 5.56 Å². The highest BCUT2D eigenvalue weighted by Gasteiger charge is 2.24. The van der Waals surface area contributed by atoms with Gasteiger partial charge in [-0.05, 0) is 48.2 Å². The van der Waals surface area contributed by atoms with Crippen molar-refractivity contribution >= 4 is 0 Å². The number of hydrogen-bond donors (Lipinski definition) is 3. The van der Waals surface area contributed by atoms with Crippen LogP contribution in [-0.4, -0.2) is 56.0 Å². The first-order valence-corrected chi connectivity index (χ1v) is 9.03. The van der Waals surface area contributed by atoms with E-state index in [2.05, 4.69) is 0 Å². The Morgan fingerprint density at radius 2 is 1.46 bits per heavy atom. The maximum Gasteiger partial charge on any atom is 0.161 e. The van der Waals surface area contributed by atoms with Crippen molar-refractivity contribution in [2.45, 2.75) is 25.0 Å². The number of hydrogen-bond acceptors (Lipinski definition) is 7. The molecule has 0 spiro atoms. The average molecular weight is 392 g/mol. The van der Waals surface area contributed by atoms with Crippen LogP contribution in [0.15, 0.2) is 36.4 Å². The predicted octanol–water partition coefficient (Wildman–Crippen LogP) is 2.11. The molecule has 7 nitrogen and oxygen atoms in total. The minimum Gasteiger partial charge on any atom is -0.493 e. The maximum atomic E-state index is 10.7.